The molecule has 4 heteroatoms. The summed E-state index contributed by atoms with van der Waals surface area (Å²) in [6.45, 7) is 4.49. The number of hydrogen-bond acceptors (Lipinski definition) is 3. The SMILES string of the molecule is C=CCn1c(=O)oc2ccc(CN)cc21. The monoisotopic (exact) mass is 204 g/mol. The fourth-order valence-electron chi connectivity index (χ4n) is 1.54. The standard InChI is InChI=1S/C11H12N2O2/c1-2-5-13-9-6-8(7-12)3-4-10(9)15-11(13)14/h2-4,6H,1,5,7,12H2. The lowest BCUT2D eigenvalue weighted by molar-refractivity contribution is 0.520. The van der Waals surface area contributed by atoms with Gasteiger partial charge in [-0.1, -0.05) is 12.1 Å². The molecule has 2 aromatic rings. The van der Waals surface area contributed by atoms with Gasteiger partial charge in [0.2, 0.25) is 0 Å². The number of hydrogen-bond donors (Lipinski definition) is 1. The van der Waals surface area contributed by atoms with Crippen LogP contribution in [0.5, 0.6) is 0 Å². The van der Waals surface area contributed by atoms with Crippen LogP contribution in [0.25, 0.3) is 11.1 Å². The largest absolute Gasteiger partial charge is 0.420 e. The van der Waals surface area contributed by atoms with E-state index in [9.17, 15) is 4.79 Å². The minimum Gasteiger partial charge on any atom is -0.408 e. The van der Waals surface area contributed by atoms with Gasteiger partial charge in [-0.15, -0.1) is 6.58 Å². The molecule has 0 fully saturated rings. The molecule has 0 atom stereocenters. The third-order valence-corrected chi connectivity index (χ3v) is 2.28. The molecule has 0 bridgehead atoms. The van der Waals surface area contributed by atoms with Gasteiger partial charge in [0.25, 0.3) is 0 Å². The van der Waals surface area contributed by atoms with E-state index in [2.05, 4.69) is 6.58 Å². The quantitative estimate of drug-likeness (QED) is 0.765. The first-order valence-electron chi connectivity index (χ1n) is 4.69. The van der Waals surface area contributed by atoms with Gasteiger partial charge in [0.05, 0.1) is 5.52 Å². The molecular weight excluding hydrogens is 192 g/mol. The van der Waals surface area contributed by atoms with E-state index in [-0.39, 0.29) is 5.76 Å². The highest BCUT2D eigenvalue weighted by Gasteiger charge is 2.07. The van der Waals surface area contributed by atoms with Crippen LogP contribution in [-0.4, -0.2) is 4.57 Å². The normalized spacial score (nSPS) is 10.7. The Hall–Kier alpha value is -1.81. The van der Waals surface area contributed by atoms with E-state index in [4.69, 9.17) is 10.2 Å². The summed E-state index contributed by atoms with van der Waals surface area (Å²) in [5, 5.41) is 0. The van der Waals surface area contributed by atoms with Crippen molar-refractivity contribution >= 4 is 11.1 Å². The van der Waals surface area contributed by atoms with Crippen molar-refractivity contribution in [1.29, 1.82) is 0 Å². The van der Waals surface area contributed by atoms with Crippen LogP contribution in [0.1, 0.15) is 5.56 Å². The summed E-state index contributed by atoms with van der Waals surface area (Å²) < 4.78 is 6.60. The average molecular weight is 204 g/mol. The van der Waals surface area contributed by atoms with Crippen LogP contribution in [0.4, 0.5) is 0 Å². The lowest BCUT2D eigenvalue weighted by Crippen LogP contribution is -2.12. The summed E-state index contributed by atoms with van der Waals surface area (Å²) >= 11 is 0. The maximum Gasteiger partial charge on any atom is 0.420 e. The first-order chi connectivity index (χ1) is 7.26. The van der Waals surface area contributed by atoms with Crippen molar-refractivity contribution in [3.05, 3.63) is 47.0 Å². The summed E-state index contributed by atoms with van der Waals surface area (Å²) in [5.74, 6) is -0.362. The van der Waals surface area contributed by atoms with E-state index >= 15 is 0 Å². The van der Waals surface area contributed by atoms with Crippen LogP contribution in [0, 0.1) is 0 Å². The number of benzene rings is 1. The smallest absolute Gasteiger partial charge is 0.408 e. The van der Waals surface area contributed by atoms with E-state index in [1.165, 1.54) is 4.57 Å². The molecule has 0 spiro atoms. The zero-order valence-electron chi connectivity index (χ0n) is 8.27. The van der Waals surface area contributed by atoms with Crippen molar-refractivity contribution < 1.29 is 4.42 Å². The Morgan fingerprint density at radius 2 is 2.33 bits per heavy atom. The minimum atomic E-state index is -0.362. The van der Waals surface area contributed by atoms with E-state index in [1.807, 2.05) is 12.1 Å². The summed E-state index contributed by atoms with van der Waals surface area (Å²) in [7, 11) is 0. The van der Waals surface area contributed by atoms with Crippen molar-refractivity contribution in [3.63, 3.8) is 0 Å². The summed E-state index contributed by atoms with van der Waals surface area (Å²) in [6.07, 6.45) is 1.66. The topological polar surface area (TPSA) is 61.2 Å². The van der Waals surface area contributed by atoms with E-state index in [0.29, 0.717) is 18.7 Å². The maximum atomic E-state index is 11.4. The van der Waals surface area contributed by atoms with Gasteiger partial charge in [-0.3, -0.25) is 4.57 Å². The van der Waals surface area contributed by atoms with Crippen molar-refractivity contribution in [2.75, 3.05) is 0 Å². The van der Waals surface area contributed by atoms with Gasteiger partial charge in [-0.2, -0.15) is 0 Å². The highest BCUT2D eigenvalue weighted by molar-refractivity contribution is 5.73. The molecule has 78 valence electrons. The molecule has 0 saturated carbocycles. The van der Waals surface area contributed by atoms with Crippen LogP contribution in [-0.2, 0) is 13.1 Å². The molecule has 2 N–H and O–H groups in total. The van der Waals surface area contributed by atoms with E-state index in [0.717, 1.165) is 11.1 Å². The van der Waals surface area contributed by atoms with E-state index < -0.39 is 0 Å². The van der Waals surface area contributed by atoms with Gasteiger partial charge < -0.3 is 10.2 Å². The van der Waals surface area contributed by atoms with Gasteiger partial charge in [0, 0.05) is 13.1 Å². The number of fused-ring (bicyclic) bond motifs is 1. The summed E-state index contributed by atoms with van der Waals surface area (Å²) in [4.78, 5) is 11.4. The molecule has 1 aromatic heterocycles. The highest BCUT2D eigenvalue weighted by atomic mass is 16.4. The van der Waals surface area contributed by atoms with Gasteiger partial charge >= 0.3 is 5.76 Å². The Kier molecular flexibility index (Phi) is 2.43. The van der Waals surface area contributed by atoms with Gasteiger partial charge in [-0.25, -0.2) is 4.79 Å². The summed E-state index contributed by atoms with van der Waals surface area (Å²) in [5.41, 5.74) is 7.86. The number of rotatable bonds is 3. The molecule has 2 rings (SSSR count). The van der Waals surface area contributed by atoms with E-state index in [1.54, 1.807) is 12.1 Å². The second-order valence-electron chi connectivity index (χ2n) is 3.27. The first-order valence-corrected chi connectivity index (χ1v) is 4.69. The third-order valence-electron chi connectivity index (χ3n) is 2.28. The van der Waals surface area contributed by atoms with Gasteiger partial charge in [-0.05, 0) is 17.7 Å². The molecule has 1 heterocycles. The summed E-state index contributed by atoms with van der Waals surface area (Å²) in [6, 6.07) is 5.48. The number of nitrogens with two attached hydrogens (primary N) is 1. The maximum absolute atomic E-state index is 11.4. The lowest BCUT2D eigenvalue weighted by Gasteiger charge is -1.98. The Morgan fingerprint density at radius 3 is 3.00 bits per heavy atom. The molecule has 0 aliphatic carbocycles. The molecular formula is C11H12N2O2. The Labute approximate surface area is 86.6 Å². The number of allylic oxidation sites excluding steroid dienone is 1. The van der Waals surface area contributed by atoms with Crippen LogP contribution < -0.4 is 11.5 Å². The van der Waals surface area contributed by atoms with Crippen molar-refractivity contribution in [1.82, 2.24) is 4.57 Å². The molecule has 4 nitrogen and oxygen atoms in total. The predicted octanol–water partition coefficient (Wildman–Crippen LogP) is 1.24. The third kappa shape index (κ3) is 1.59. The van der Waals surface area contributed by atoms with Gasteiger partial charge in [0.15, 0.2) is 5.58 Å². The molecule has 0 radical (unpaired) electrons. The molecule has 1 aromatic carbocycles. The van der Waals surface area contributed by atoms with Crippen LogP contribution in [0.15, 0.2) is 40.1 Å². The lowest BCUT2D eigenvalue weighted by atomic mass is 10.2. The second-order valence-corrected chi connectivity index (χ2v) is 3.27. The van der Waals surface area contributed by atoms with Crippen LogP contribution in [0.3, 0.4) is 0 Å². The Morgan fingerprint density at radius 1 is 1.53 bits per heavy atom. The van der Waals surface area contributed by atoms with Crippen molar-refractivity contribution in [2.24, 2.45) is 5.73 Å². The molecule has 0 saturated heterocycles. The first kappa shape index (κ1) is 9.73. The number of nitrogens with zero attached hydrogens (tertiary/aromatic N) is 1. The molecule has 0 unspecified atom stereocenters. The van der Waals surface area contributed by atoms with Crippen LogP contribution >= 0.6 is 0 Å². The fraction of sp³-hybridized carbons (Fsp3) is 0.182. The molecule has 0 aliphatic heterocycles. The minimum absolute atomic E-state index is 0.362. The highest BCUT2D eigenvalue weighted by Crippen LogP contribution is 2.14. The van der Waals surface area contributed by atoms with Crippen molar-refractivity contribution in [2.45, 2.75) is 13.1 Å². The second kappa shape index (κ2) is 3.74. The van der Waals surface area contributed by atoms with Crippen LogP contribution in [0.2, 0.25) is 0 Å². The molecule has 0 aliphatic rings. The Balaban J connectivity index is 2.71. The number of oxazole rings is 1. The Bertz CT molecular complexity index is 551. The average Bonchev–Trinajstić information content (AvgIpc) is 2.55. The van der Waals surface area contributed by atoms with Gasteiger partial charge in [0.1, 0.15) is 0 Å². The zero-order valence-corrected chi connectivity index (χ0v) is 8.27. The zero-order chi connectivity index (χ0) is 10.8. The predicted molar refractivity (Wildman–Crippen MR) is 58.6 cm³/mol. The fourth-order valence-corrected chi connectivity index (χ4v) is 1.54. The number of aromatic nitrogens is 1. The molecule has 15 heavy (non-hydrogen) atoms. The molecule has 0 amide bonds. The van der Waals surface area contributed by atoms with Crippen molar-refractivity contribution in [3.8, 4) is 0 Å².